The molecule has 10 heteroatoms. The standard InChI is InChI=1S/C25H30N2O7S/c1-4-16(19-12(2)22-20(13(3)29)24(30)26(22)23(19)25(31)32)27-17-7-5-6-15-14(10-11-28)8-9-18(21(15)17)35(27,33)34/h5-9,12-13,16,20,22,24,28-30H,4,10-11H2,1-3H3,(H,31,32)/t12-,13+,16?,20+,22+,24?/m0/s1. The van der Waals surface area contributed by atoms with Crippen molar-refractivity contribution in [3.8, 4) is 0 Å². The smallest absolute Gasteiger partial charge is 0.352 e. The van der Waals surface area contributed by atoms with Crippen molar-refractivity contribution in [2.75, 3.05) is 10.9 Å². The Hall–Kier alpha value is -2.66. The summed E-state index contributed by atoms with van der Waals surface area (Å²) in [4.78, 5) is 14.0. The lowest BCUT2D eigenvalue weighted by Crippen LogP contribution is -2.66. The van der Waals surface area contributed by atoms with E-state index < -0.39 is 52.2 Å². The number of carboxylic acid groups (broad SMARTS) is 1. The van der Waals surface area contributed by atoms with Crippen LogP contribution in [0.1, 0.15) is 32.8 Å². The molecule has 9 nitrogen and oxygen atoms in total. The third-order valence-corrected chi connectivity index (χ3v) is 9.76. The number of aliphatic carboxylic acids is 1. The molecule has 2 unspecified atom stereocenters. The van der Waals surface area contributed by atoms with E-state index in [1.807, 2.05) is 19.9 Å². The molecule has 3 aliphatic rings. The number of carboxylic acids is 1. The van der Waals surface area contributed by atoms with Crippen LogP contribution in [0.25, 0.3) is 10.8 Å². The molecule has 5 rings (SSSR count). The van der Waals surface area contributed by atoms with Gasteiger partial charge in [-0.25, -0.2) is 13.2 Å². The molecule has 1 fully saturated rings. The van der Waals surface area contributed by atoms with Gasteiger partial charge < -0.3 is 25.3 Å². The summed E-state index contributed by atoms with van der Waals surface area (Å²) in [6, 6.07) is 7.40. The minimum Gasteiger partial charge on any atom is -0.477 e. The van der Waals surface area contributed by atoms with Crippen molar-refractivity contribution in [1.82, 2.24) is 4.90 Å². The van der Waals surface area contributed by atoms with Gasteiger partial charge in [0.05, 0.1) is 28.6 Å². The van der Waals surface area contributed by atoms with Gasteiger partial charge in [-0.05, 0) is 48.4 Å². The number of benzene rings is 2. The molecule has 4 N–H and O–H groups in total. The van der Waals surface area contributed by atoms with E-state index in [9.17, 15) is 33.6 Å². The number of hydrogen-bond donors (Lipinski definition) is 4. The van der Waals surface area contributed by atoms with Gasteiger partial charge in [-0.1, -0.05) is 32.0 Å². The monoisotopic (exact) mass is 502 g/mol. The number of anilines is 1. The predicted molar refractivity (Wildman–Crippen MR) is 129 cm³/mol. The molecule has 0 spiro atoms. The Bertz CT molecular complexity index is 1350. The SMILES string of the molecule is CCC(C1=C(C(=O)O)N2C(O)[C@H]([C@@H](C)O)[C@H]2[C@H]1C)N1c2cccc3c(CCO)ccc(c23)S1(=O)=O. The van der Waals surface area contributed by atoms with Crippen LogP contribution in [0.5, 0.6) is 0 Å². The van der Waals surface area contributed by atoms with Crippen LogP contribution in [0.3, 0.4) is 0 Å². The molecule has 2 aromatic rings. The maximum absolute atomic E-state index is 13.9. The lowest BCUT2D eigenvalue weighted by molar-refractivity contribution is -0.192. The number of fused-ring (bicyclic) bond motifs is 1. The molecule has 3 aliphatic heterocycles. The van der Waals surface area contributed by atoms with Crippen molar-refractivity contribution in [2.45, 2.75) is 62.9 Å². The van der Waals surface area contributed by atoms with Crippen molar-refractivity contribution in [3.63, 3.8) is 0 Å². The van der Waals surface area contributed by atoms with E-state index in [1.165, 1.54) is 9.21 Å². The Kier molecular flexibility index (Phi) is 5.63. The van der Waals surface area contributed by atoms with Crippen LogP contribution < -0.4 is 4.31 Å². The number of aliphatic hydroxyl groups is 3. The van der Waals surface area contributed by atoms with Gasteiger partial charge in [-0.2, -0.15) is 0 Å². The molecule has 0 radical (unpaired) electrons. The van der Waals surface area contributed by atoms with Crippen LogP contribution in [0.2, 0.25) is 0 Å². The number of rotatable bonds is 7. The summed E-state index contributed by atoms with van der Waals surface area (Å²) in [7, 11) is -4.00. The molecule has 0 saturated carbocycles. The fraction of sp³-hybridized carbons (Fsp3) is 0.480. The fourth-order valence-corrected chi connectivity index (χ4v) is 8.43. The molecule has 0 aliphatic carbocycles. The maximum Gasteiger partial charge on any atom is 0.352 e. The topological polar surface area (TPSA) is 139 Å². The normalized spacial score (nSPS) is 28.3. The van der Waals surface area contributed by atoms with Crippen LogP contribution in [0.15, 0.2) is 46.5 Å². The van der Waals surface area contributed by atoms with Gasteiger partial charge in [-0.3, -0.25) is 4.31 Å². The summed E-state index contributed by atoms with van der Waals surface area (Å²) in [6.45, 7) is 5.16. The number of hydrogen-bond acceptors (Lipinski definition) is 7. The maximum atomic E-state index is 13.9. The number of sulfonamides is 1. The van der Waals surface area contributed by atoms with Crippen LogP contribution in [0.4, 0.5) is 5.69 Å². The fourth-order valence-electron chi connectivity index (χ4n) is 6.49. The van der Waals surface area contributed by atoms with Gasteiger partial charge in [0.2, 0.25) is 0 Å². The lowest BCUT2D eigenvalue weighted by Gasteiger charge is -2.53. The number of carbonyl (C=O) groups is 1. The van der Waals surface area contributed by atoms with E-state index in [2.05, 4.69) is 0 Å². The molecular formula is C25H30N2O7S. The first-order chi connectivity index (χ1) is 16.6. The molecule has 35 heavy (non-hydrogen) atoms. The van der Waals surface area contributed by atoms with Crippen LogP contribution in [0, 0.1) is 11.8 Å². The molecule has 0 bridgehead atoms. The van der Waals surface area contributed by atoms with E-state index in [1.54, 1.807) is 31.2 Å². The zero-order chi connectivity index (χ0) is 25.4. The summed E-state index contributed by atoms with van der Waals surface area (Å²) < 4.78 is 29.1. The van der Waals surface area contributed by atoms with E-state index in [4.69, 9.17) is 0 Å². The van der Waals surface area contributed by atoms with Gasteiger partial charge in [-0.15, -0.1) is 0 Å². The van der Waals surface area contributed by atoms with Gasteiger partial charge in [0, 0.05) is 24.0 Å². The van der Waals surface area contributed by atoms with Gasteiger partial charge >= 0.3 is 5.97 Å². The zero-order valence-electron chi connectivity index (χ0n) is 19.8. The highest BCUT2D eigenvalue weighted by Gasteiger charge is 2.61. The molecule has 1 saturated heterocycles. The Labute approximate surface area is 203 Å². The molecule has 2 aromatic carbocycles. The van der Waals surface area contributed by atoms with Crippen molar-refractivity contribution >= 4 is 32.5 Å². The predicted octanol–water partition coefficient (Wildman–Crippen LogP) is 1.65. The first-order valence-corrected chi connectivity index (χ1v) is 13.3. The van der Waals surface area contributed by atoms with Crippen LogP contribution in [-0.4, -0.2) is 70.7 Å². The van der Waals surface area contributed by atoms with E-state index >= 15 is 0 Å². The van der Waals surface area contributed by atoms with E-state index in [0.29, 0.717) is 29.5 Å². The molecule has 0 amide bonds. The highest BCUT2D eigenvalue weighted by molar-refractivity contribution is 7.93. The van der Waals surface area contributed by atoms with Crippen molar-refractivity contribution in [3.05, 3.63) is 47.2 Å². The Balaban J connectivity index is 1.70. The highest BCUT2D eigenvalue weighted by atomic mass is 32.2. The van der Waals surface area contributed by atoms with Gasteiger partial charge in [0.1, 0.15) is 11.9 Å². The quantitative estimate of drug-likeness (QED) is 0.448. The van der Waals surface area contributed by atoms with Crippen molar-refractivity contribution < 1.29 is 33.6 Å². The van der Waals surface area contributed by atoms with E-state index in [-0.39, 0.29) is 17.2 Å². The lowest BCUT2D eigenvalue weighted by atomic mass is 9.76. The minimum absolute atomic E-state index is 0.0664. The summed E-state index contributed by atoms with van der Waals surface area (Å²) >= 11 is 0. The molecule has 0 aromatic heterocycles. The third-order valence-electron chi connectivity index (χ3n) is 7.89. The van der Waals surface area contributed by atoms with Gasteiger partial charge in [0.25, 0.3) is 10.0 Å². The van der Waals surface area contributed by atoms with Crippen LogP contribution >= 0.6 is 0 Å². The summed E-state index contributed by atoms with van der Waals surface area (Å²) in [5.74, 6) is -2.16. The first-order valence-electron chi connectivity index (χ1n) is 11.9. The molecule has 188 valence electrons. The molecule has 3 heterocycles. The third kappa shape index (κ3) is 3.10. The summed E-state index contributed by atoms with van der Waals surface area (Å²) in [6.07, 6.45) is -1.29. The second-order valence-electron chi connectivity index (χ2n) is 9.65. The van der Waals surface area contributed by atoms with Gasteiger partial charge in [0.15, 0.2) is 0 Å². The van der Waals surface area contributed by atoms with Crippen molar-refractivity contribution in [2.24, 2.45) is 11.8 Å². The average Bonchev–Trinajstić information content (AvgIpc) is 3.18. The first kappa shape index (κ1) is 24.1. The molecule has 6 atom stereocenters. The highest BCUT2D eigenvalue weighted by Crippen LogP contribution is 2.53. The van der Waals surface area contributed by atoms with Crippen molar-refractivity contribution in [1.29, 1.82) is 0 Å². The Morgan fingerprint density at radius 3 is 2.51 bits per heavy atom. The average molecular weight is 503 g/mol. The van der Waals surface area contributed by atoms with Crippen LogP contribution in [-0.2, 0) is 21.2 Å². The summed E-state index contributed by atoms with van der Waals surface area (Å²) in [5, 5.41) is 41.8. The number of nitrogens with zero attached hydrogens (tertiary/aromatic N) is 2. The second-order valence-corrected chi connectivity index (χ2v) is 11.4. The zero-order valence-corrected chi connectivity index (χ0v) is 20.6. The molecular weight excluding hydrogens is 472 g/mol. The second kappa shape index (κ2) is 8.19. The Morgan fingerprint density at radius 2 is 1.91 bits per heavy atom. The number of aliphatic hydroxyl groups excluding tert-OH is 3. The Morgan fingerprint density at radius 1 is 1.20 bits per heavy atom. The van der Waals surface area contributed by atoms with E-state index in [0.717, 1.165) is 10.9 Å². The summed E-state index contributed by atoms with van der Waals surface area (Å²) in [5.41, 5.74) is 1.68. The minimum atomic E-state index is -4.00. The largest absolute Gasteiger partial charge is 0.477 e.